The van der Waals surface area contributed by atoms with Crippen LogP contribution in [0, 0.1) is 11.3 Å². The molecule has 6 rings (SSSR count). The Bertz CT molecular complexity index is 1360. The van der Waals surface area contributed by atoms with Gasteiger partial charge in [0.05, 0.1) is 17.1 Å². The molecule has 0 spiro atoms. The fourth-order valence-corrected chi connectivity index (χ4v) is 5.62. The van der Waals surface area contributed by atoms with E-state index in [4.69, 9.17) is 19.4 Å². The standard InChI is InChI=1S/C29H32N6O3/c30-17-22(29(36)31-21-6-2-1-3-7-21)27-28(33-24-9-5-4-8-23(24)32-27)35-14-12-34(13-15-35)18-20-10-11-25-26(16-20)38-19-37-25/h4-5,8-11,16,21-22H,1-3,6-7,12-15,18-19H2,(H,31,36)/t22-/m0/s1. The van der Waals surface area contributed by atoms with Crippen molar-refractivity contribution in [1.82, 2.24) is 20.2 Å². The van der Waals surface area contributed by atoms with Crippen molar-refractivity contribution in [1.29, 1.82) is 5.26 Å². The topological polar surface area (TPSA) is 104 Å². The van der Waals surface area contributed by atoms with Gasteiger partial charge in [0.2, 0.25) is 12.7 Å². The van der Waals surface area contributed by atoms with Gasteiger partial charge >= 0.3 is 0 Å². The number of hydrogen-bond donors (Lipinski definition) is 1. The summed E-state index contributed by atoms with van der Waals surface area (Å²) in [5.74, 6) is 0.950. The van der Waals surface area contributed by atoms with Gasteiger partial charge in [-0.05, 0) is 42.7 Å². The first-order valence-electron chi connectivity index (χ1n) is 13.5. The summed E-state index contributed by atoms with van der Waals surface area (Å²) in [6.07, 6.45) is 5.35. The van der Waals surface area contributed by atoms with Crippen LogP contribution < -0.4 is 19.7 Å². The summed E-state index contributed by atoms with van der Waals surface area (Å²) < 4.78 is 11.0. The second kappa shape index (κ2) is 10.8. The molecule has 9 nitrogen and oxygen atoms in total. The Hall–Kier alpha value is -3.90. The highest BCUT2D eigenvalue weighted by molar-refractivity contribution is 5.89. The summed E-state index contributed by atoms with van der Waals surface area (Å²) in [7, 11) is 0. The van der Waals surface area contributed by atoms with E-state index in [-0.39, 0.29) is 18.7 Å². The van der Waals surface area contributed by atoms with Crippen LogP contribution in [0.5, 0.6) is 11.5 Å². The Kier molecular flexibility index (Phi) is 6.97. The molecule has 3 aliphatic rings. The van der Waals surface area contributed by atoms with Gasteiger partial charge in [-0.2, -0.15) is 5.26 Å². The average molecular weight is 513 g/mol. The smallest absolute Gasteiger partial charge is 0.243 e. The first kappa shape index (κ1) is 24.4. The summed E-state index contributed by atoms with van der Waals surface area (Å²) in [5, 5.41) is 13.2. The van der Waals surface area contributed by atoms with Crippen LogP contribution in [0.1, 0.15) is 49.3 Å². The molecule has 1 aromatic heterocycles. The van der Waals surface area contributed by atoms with Crippen LogP contribution in [-0.4, -0.2) is 59.8 Å². The summed E-state index contributed by atoms with van der Waals surface area (Å²) in [5.41, 5.74) is 3.08. The maximum absolute atomic E-state index is 13.3. The number of nitrogens with zero attached hydrogens (tertiary/aromatic N) is 5. The van der Waals surface area contributed by atoms with Crippen LogP contribution in [0.25, 0.3) is 11.0 Å². The number of nitrogens with one attached hydrogen (secondary N) is 1. The molecule has 1 amide bonds. The van der Waals surface area contributed by atoms with Gasteiger partial charge in [-0.3, -0.25) is 9.69 Å². The van der Waals surface area contributed by atoms with Gasteiger partial charge in [0.1, 0.15) is 5.69 Å². The number of piperazine rings is 1. The summed E-state index contributed by atoms with van der Waals surface area (Å²) in [6.45, 7) is 4.20. The first-order valence-corrected chi connectivity index (χ1v) is 13.5. The number of fused-ring (bicyclic) bond motifs is 2. The van der Waals surface area contributed by atoms with Gasteiger partial charge < -0.3 is 19.7 Å². The number of aromatic nitrogens is 2. The van der Waals surface area contributed by atoms with E-state index in [0.29, 0.717) is 17.0 Å². The molecule has 2 fully saturated rings. The lowest BCUT2D eigenvalue weighted by molar-refractivity contribution is -0.122. The summed E-state index contributed by atoms with van der Waals surface area (Å²) in [6, 6.07) is 16.1. The summed E-state index contributed by atoms with van der Waals surface area (Å²) in [4.78, 5) is 27.6. The Morgan fingerprint density at radius 2 is 1.74 bits per heavy atom. The normalized spacial score (nSPS) is 18.8. The van der Waals surface area contributed by atoms with E-state index in [1.54, 1.807) is 0 Å². The third kappa shape index (κ3) is 5.09. The highest BCUT2D eigenvalue weighted by Crippen LogP contribution is 2.33. The van der Waals surface area contributed by atoms with Crippen molar-refractivity contribution >= 4 is 22.8 Å². The van der Waals surface area contributed by atoms with Crippen LogP contribution in [0.4, 0.5) is 5.82 Å². The van der Waals surface area contributed by atoms with E-state index in [2.05, 4.69) is 27.3 Å². The van der Waals surface area contributed by atoms with E-state index in [0.717, 1.165) is 75.4 Å². The quantitative estimate of drug-likeness (QED) is 0.533. The van der Waals surface area contributed by atoms with Crippen molar-refractivity contribution in [2.45, 2.75) is 50.6 Å². The zero-order valence-corrected chi connectivity index (χ0v) is 21.4. The van der Waals surface area contributed by atoms with Crippen molar-refractivity contribution in [2.24, 2.45) is 0 Å². The zero-order chi connectivity index (χ0) is 25.9. The van der Waals surface area contributed by atoms with E-state index in [1.807, 2.05) is 36.4 Å². The molecule has 3 heterocycles. The lowest BCUT2D eigenvalue weighted by Crippen LogP contribution is -2.47. The molecule has 196 valence electrons. The minimum absolute atomic E-state index is 0.128. The van der Waals surface area contributed by atoms with Crippen molar-refractivity contribution in [2.75, 3.05) is 37.9 Å². The van der Waals surface area contributed by atoms with Crippen LogP contribution >= 0.6 is 0 Å². The molecule has 3 aromatic rings. The molecule has 0 radical (unpaired) electrons. The maximum Gasteiger partial charge on any atom is 0.243 e. The number of nitriles is 1. The lowest BCUT2D eigenvalue weighted by Gasteiger charge is -2.36. The van der Waals surface area contributed by atoms with E-state index in [1.165, 1.54) is 12.0 Å². The van der Waals surface area contributed by atoms with Gasteiger partial charge in [-0.1, -0.05) is 37.5 Å². The molecule has 38 heavy (non-hydrogen) atoms. The zero-order valence-electron chi connectivity index (χ0n) is 21.4. The van der Waals surface area contributed by atoms with E-state index < -0.39 is 5.92 Å². The van der Waals surface area contributed by atoms with Crippen LogP contribution in [0.2, 0.25) is 0 Å². The number of rotatable bonds is 6. The third-order valence-electron chi connectivity index (χ3n) is 7.71. The molecule has 1 saturated carbocycles. The molecule has 9 heteroatoms. The number of anilines is 1. The van der Waals surface area contributed by atoms with E-state index in [9.17, 15) is 10.1 Å². The predicted octanol–water partition coefficient (Wildman–Crippen LogP) is 3.74. The van der Waals surface area contributed by atoms with Gasteiger partial charge in [-0.15, -0.1) is 0 Å². The average Bonchev–Trinajstić information content (AvgIpc) is 3.42. The van der Waals surface area contributed by atoms with E-state index >= 15 is 0 Å². The number of carbonyl (C=O) groups is 1. The van der Waals surface area contributed by atoms with Crippen molar-refractivity contribution in [3.05, 3.63) is 53.7 Å². The largest absolute Gasteiger partial charge is 0.454 e. The van der Waals surface area contributed by atoms with Gasteiger partial charge in [-0.25, -0.2) is 9.97 Å². The Morgan fingerprint density at radius 3 is 2.50 bits per heavy atom. The Morgan fingerprint density at radius 1 is 1.00 bits per heavy atom. The Labute approximate surface area is 222 Å². The number of amides is 1. The number of hydrogen-bond acceptors (Lipinski definition) is 8. The molecular weight excluding hydrogens is 480 g/mol. The molecule has 1 atom stereocenters. The summed E-state index contributed by atoms with van der Waals surface area (Å²) >= 11 is 0. The first-order chi connectivity index (χ1) is 18.7. The van der Waals surface area contributed by atoms with Crippen molar-refractivity contribution in [3.8, 4) is 17.6 Å². The lowest BCUT2D eigenvalue weighted by atomic mass is 9.94. The molecule has 2 aromatic carbocycles. The number of benzene rings is 2. The number of carbonyl (C=O) groups excluding carboxylic acids is 1. The molecular formula is C29H32N6O3. The molecule has 1 saturated heterocycles. The fraction of sp³-hybridized carbons (Fsp3) is 0.448. The van der Waals surface area contributed by atoms with Crippen LogP contribution in [0.15, 0.2) is 42.5 Å². The van der Waals surface area contributed by atoms with Gasteiger partial charge in [0.15, 0.2) is 23.2 Å². The second-order valence-electron chi connectivity index (χ2n) is 10.3. The molecule has 0 bridgehead atoms. The number of para-hydroxylation sites is 2. The minimum atomic E-state index is -1.00. The SMILES string of the molecule is N#C[C@H](C(=O)NC1CCCCC1)c1nc2ccccc2nc1N1CCN(Cc2ccc3c(c2)OCO3)CC1. The third-order valence-corrected chi connectivity index (χ3v) is 7.71. The monoisotopic (exact) mass is 512 g/mol. The number of ether oxygens (including phenoxy) is 2. The fourth-order valence-electron chi connectivity index (χ4n) is 5.62. The van der Waals surface area contributed by atoms with Gasteiger partial charge in [0, 0.05) is 38.8 Å². The van der Waals surface area contributed by atoms with Crippen LogP contribution in [-0.2, 0) is 11.3 Å². The predicted molar refractivity (Wildman–Crippen MR) is 143 cm³/mol. The molecule has 1 aliphatic carbocycles. The highest BCUT2D eigenvalue weighted by Gasteiger charge is 2.31. The highest BCUT2D eigenvalue weighted by atomic mass is 16.7. The maximum atomic E-state index is 13.3. The van der Waals surface area contributed by atoms with Crippen molar-refractivity contribution < 1.29 is 14.3 Å². The molecule has 1 N–H and O–H groups in total. The van der Waals surface area contributed by atoms with Gasteiger partial charge in [0.25, 0.3) is 0 Å². The van der Waals surface area contributed by atoms with Crippen molar-refractivity contribution in [3.63, 3.8) is 0 Å². The molecule has 0 unspecified atom stereocenters. The second-order valence-corrected chi connectivity index (χ2v) is 10.3. The molecule has 2 aliphatic heterocycles. The van der Waals surface area contributed by atoms with Crippen LogP contribution in [0.3, 0.4) is 0 Å². The Balaban J connectivity index is 1.21. The minimum Gasteiger partial charge on any atom is -0.454 e.